The Morgan fingerprint density at radius 1 is 0.852 bits per heavy atom. The van der Waals surface area contributed by atoms with E-state index in [9.17, 15) is 25.2 Å². The van der Waals surface area contributed by atoms with Crippen LogP contribution in [-0.2, 0) is 0 Å². The molecule has 0 saturated heterocycles. The fourth-order valence-electron chi connectivity index (χ4n) is 3.11. The zero-order chi connectivity index (χ0) is 21.3. The van der Waals surface area contributed by atoms with Gasteiger partial charge in [-0.25, -0.2) is 4.62 Å². The number of rotatable bonds is 5. The number of para-hydroxylation sites is 1. The van der Waals surface area contributed by atoms with E-state index in [0.29, 0.717) is 17.0 Å². The average Bonchev–Trinajstić information content (AvgIpc) is 2.83. The van der Waals surface area contributed by atoms with Gasteiger partial charge in [-0.2, -0.15) is 0 Å². The molecule has 1 aromatic heterocycles. The Morgan fingerprint density at radius 2 is 1.26 bits per heavy atom. The van der Waals surface area contributed by atoms with Gasteiger partial charge in [0.1, 0.15) is 28.0 Å². The van der Waals surface area contributed by atoms with E-state index >= 15 is 0 Å². The third-order valence-electron chi connectivity index (χ3n) is 3.96. The molecule has 0 aliphatic heterocycles. The molecule has 27 heavy (non-hydrogen) atoms. The molecule has 0 saturated carbocycles. The molecule has 0 amide bonds. The maximum atomic E-state index is 9.87. The average molecular weight is 439 g/mol. The summed E-state index contributed by atoms with van der Waals surface area (Å²) in [5.74, 6) is 0. The number of fused-ring (bicyclic) bond motifs is 1. The van der Waals surface area contributed by atoms with Gasteiger partial charge in [0, 0.05) is 0 Å². The molecule has 0 radical (unpaired) electrons. The van der Waals surface area contributed by atoms with Crippen molar-refractivity contribution in [2.75, 3.05) is 0 Å². The monoisotopic (exact) mass is 439 g/mol. The second kappa shape index (κ2) is 7.03. The first-order chi connectivity index (χ1) is 11.8. The predicted molar refractivity (Wildman–Crippen MR) is 100 cm³/mol. The topological polar surface area (TPSA) is 39.9 Å². The Morgan fingerprint density at radius 3 is 1.67 bits per heavy atom. The molecule has 2 rings (SSSR count). The number of nitrogens with zero attached hydrogens (tertiary/aromatic N) is 3. The van der Waals surface area contributed by atoms with E-state index < -0.39 is 15.3 Å². The Bertz CT molecular complexity index is 741. The Hall–Kier alpha value is -1.14. The van der Waals surface area contributed by atoms with Crippen LogP contribution in [-0.4, -0.2) is 32.1 Å². The van der Waals surface area contributed by atoms with E-state index in [4.69, 9.17) is 4.62 Å². The molecule has 2 aromatic rings. The van der Waals surface area contributed by atoms with Crippen LogP contribution in [0.3, 0.4) is 0 Å². The third-order valence-corrected chi connectivity index (χ3v) is 9.24. The molecule has 0 bridgehead atoms. The fraction of sp³-hybridized carbons (Fsp3) is 0.600. The number of halogens is 6. The first-order valence-electron chi connectivity index (χ1n) is 8.29. The molecule has 0 atom stereocenters. The van der Waals surface area contributed by atoms with Crippen LogP contribution in [0.4, 0.5) is 25.2 Å². The van der Waals surface area contributed by atoms with E-state index in [2.05, 4.69) is 51.9 Å². The zero-order valence-corrected chi connectivity index (χ0v) is 17.7. The van der Waals surface area contributed by atoms with Crippen molar-refractivity contribution in [1.29, 1.82) is 0 Å². The molecule has 1 aromatic carbocycles. The molecule has 0 aliphatic carbocycles. The summed E-state index contributed by atoms with van der Waals surface area (Å²) in [5.41, 5.74) is 3.29. The zero-order valence-electron chi connectivity index (χ0n) is 16.0. The molecule has 0 unspecified atom stereocenters. The van der Waals surface area contributed by atoms with Crippen molar-refractivity contribution in [3.63, 3.8) is 0 Å². The Balaban J connectivity index is 0.000000445. The summed E-state index contributed by atoms with van der Waals surface area (Å²) in [4.78, 5) is 1.64. The van der Waals surface area contributed by atoms with Crippen molar-refractivity contribution in [1.82, 2.24) is 15.2 Å². The van der Waals surface area contributed by atoms with Gasteiger partial charge in [-0.05, 0) is 63.7 Å². The van der Waals surface area contributed by atoms with Crippen molar-refractivity contribution in [3.05, 3.63) is 24.3 Å². The fourth-order valence-corrected chi connectivity index (χ4v) is 7.65. The molecule has 1 heterocycles. The minimum atomic E-state index is -10.7. The van der Waals surface area contributed by atoms with Crippen molar-refractivity contribution < 1.29 is 29.8 Å². The summed E-state index contributed by atoms with van der Waals surface area (Å²) in [7, 11) is -12.3. The molecule has 158 valence electrons. The van der Waals surface area contributed by atoms with Gasteiger partial charge in [0.2, 0.25) is 7.49 Å². The summed E-state index contributed by atoms with van der Waals surface area (Å²) < 4.78 is 65.7. The summed E-state index contributed by atoms with van der Waals surface area (Å²) in [5, 5.41) is 8.39. The number of benzene rings is 1. The van der Waals surface area contributed by atoms with E-state index in [-0.39, 0.29) is 0 Å². The van der Waals surface area contributed by atoms with Gasteiger partial charge in [0.25, 0.3) is 0 Å². The van der Waals surface area contributed by atoms with Crippen molar-refractivity contribution in [2.45, 2.75) is 58.5 Å². The second-order valence-electron chi connectivity index (χ2n) is 7.04. The van der Waals surface area contributed by atoms with Crippen LogP contribution in [0.5, 0.6) is 0 Å². The number of aromatic nitrogens is 3. The van der Waals surface area contributed by atoms with Crippen molar-refractivity contribution >= 4 is 26.3 Å². The normalized spacial score (nSPS) is 15.5. The van der Waals surface area contributed by atoms with Gasteiger partial charge < -0.3 is 0 Å². The molecule has 0 fully saturated rings. The maximum absolute atomic E-state index is 10.7. The van der Waals surface area contributed by atoms with Crippen LogP contribution >= 0.6 is 15.3 Å². The number of hydrogen-bond acceptors (Lipinski definition) is 3. The molecule has 0 N–H and O–H groups in total. The molecular weight excluding hydrogens is 414 g/mol. The SMILES string of the molecule is CC(C)[P+](On1nnc2ccccc21)(C(C)C)C(C)C.F[P-](F)(F)(F)(F)F. The van der Waals surface area contributed by atoms with E-state index in [1.807, 2.05) is 24.3 Å². The first-order valence-corrected chi connectivity index (χ1v) is 12.2. The van der Waals surface area contributed by atoms with Crippen LogP contribution in [0, 0.1) is 0 Å². The Kier molecular flexibility index (Phi) is 6.22. The Labute approximate surface area is 154 Å². The second-order valence-corrected chi connectivity index (χ2v) is 13.7. The third kappa shape index (κ3) is 7.41. The predicted octanol–water partition coefficient (Wildman–Crippen LogP) is 7.40. The van der Waals surface area contributed by atoms with E-state index in [0.717, 1.165) is 11.0 Å². The van der Waals surface area contributed by atoms with Gasteiger partial charge in [-0.3, -0.25) is 0 Å². The van der Waals surface area contributed by atoms with Crippen LogP contribution in [0.25, 0.3) is 11.0 Å². The molecule has 12 heteroatoms. The van der Waals surface area contributed by atoms with Gasteiger partial charge in [-0.1, -0.05) is 12.1 Å². The summed E-state index contributed by atoms with van der Waals surface area (Å²) >= 11 is 0. The van der Waals surface area contributed by atoms with Gasteiger partial charge in [0.05, 0.1) is 0 Å². The first kappa shape index (κ1) is 23.9. The molecule has 0 aliphatic rings. The van der Waals surface area contributed by atoms with Gasteiger partial charge in [0.15, 0.2) is 0 Å². The summed E-state index contributed by atoms with van der Waals surface area (Å²) in [6, 6.07) is 7.93. The van der Waals surface area contributed by atoms with E-state index in [1.165, 1.54) is 0 Å². The quantitative estimate of drug-likeness (QED) is 0.360. The summed E-state index contributed by atoms with van der Waals surface area (Å²) in [6.07, 6.45) is 0. The van der Waals surface area contributed by atoms with E-state index in [1.54, 1.807) is 4.85 Å². The van der Waals surface area contributed by atoms with Crippen LogP contribution < -0.4 is 4.62 Å². The minimum absolute atomic E-state index is 0.491. The van der Waals surface area contributed by atoms with Crippen LogP contribution in [0.15, 0.2) is 24.3 Å². The molecule has 0 spiro atoms. The van der Waals surface area contributed by atoms with Crippen LogP contribution in [0.2, 0.25) is 0 Å². The summed E-state index contributed by atoms with van der Waals surface area (Å²) in [6.45, 7) is 13.5. The molecular formula is C15H25F6N3OP2. The van der Waals surface area contributed by atoms with Crippen molar-refractivity contribution in [2.24, 2.45) is 0 Å². The van der Waals surface area contributed by atoms with Crippen molar-refractivity contribution in [3.8, 4) is 0 Å². The molecule has 4 nitrogen and oxygen atoms in total. The number of hydrogen-bond donors (Lipinski definition) is 0. The van der Waals surface area contributed by atoms with Crippen LogP contribution in [0.1, 0.15) is 41.5 Å². The van der Waals surface area contributed by atoms with Gasteiger partial charge >= 0.3 is 33.0 Å². The van der Waals surface area contributed by atoms with Gasteiger partial charge in [-0.15, -0.1) is 5.10 Å². The standard InChI is InChI=1S/C15H25N3OP.F6P/c1-11(2)20(12(3)4,13(5)6)19-18-15-10-8-7-9-14(15)16-17-18;1-7(2,3,4,5)6/h7-13H,1-6H3;/q+1;-1.